The normalized spacial score (nSPS) is 11.0. The molecule has 0 radical (unpaired) electrons. The zero-order chi connectivity index (χ0) is 16.8. The molecule has 0 fully saturated rings. The van der Waals surface area contributed by atoms with Gasteiger partial charge < -0.3 is 9.88 Å². The molecular formula is C16H24N4OS2. The van der Waals surface area contributed by atoms with Gasteiger partial charge in [-0.25, -0.2) is 0 Å². The number of rotatable bonds is 9. The number of Topliss-reactive ketones (excluding diaryl/α,β-unsaturated/α-hetero) is 1. The minimum atomic E-state index is 0.156. The van der Waals surface area contributed by atoms with Crippen molar-refractivity contribution in [2.75, 3.05) is 17.6 Å². The molecule has 1 N–H and O–H groups in total. The summed E-state index contributed by atoms with van der Waals surface area (Å²) in [7, 11) is 0. The van der Waals surface area contributed by atoms with Gasteiger partial charge in [0.2, 0.25) is 5.13 Å². The van der Waals surface area contributed by atoms with Crippen molar-refractivity contribution in [2.24, 2.45) is 0 Å². The van der Waals surface area contributed by atoms with Crippen LogP contribution in [0.15, 0.2) is 10.4 Å². The highest BCUT2D eigenvalue weighted by Gasteiger charge is 2.16. The number of hydrogen-bond donors (Lipinski definition) is 1. The topological polar surface area (TPSA) is 59.8 Å². The van der Waals surface area contributed by atoms with Gasteiger partial charge in [0.1, 0.15) is 0 Å². The Balaban J connectivity index is 1.97. The van der Waals surface area contributed by atoms with Crippen LogP contribution in [-0.4, -0.2) is 32.8 Å². The maximum absolute atomic E-state index is 12.5. The molecule has 0 aliphatic rings. The third kappa shape index (κ3) is 4.57. The van der Waals surface area contributed by atoms with Crippen molar-refractivity contribution in [1.29, 1.82) is 0 Å². The quantitative estimate of drug-likeness (QED) is 0.542. The van der Waals surface area contributed by atoms with E-state index in [1.54, 1.807) is 0 Å². The minimum Gasteiger partial charge on any atom is -0.360 e. The zero-order valence-electron chi connectivity index (χ0n) is 14.2. The summed E-state index contributed by atoms with van der Waals surface area (Å²) in [6.07, 6.45) is 2.12. The van der Waals surface area contributed by atoms with E-state index < -0.39 is 0 Å². The van der Waals surface area contributed by atoms with Gasteiger partial charge in [-0.1, -0.05) is 36.9 Å². The summed E-state index contributed by atoms with van der Waals surface area (Å²) in [6.45, 7) is 10.2. The Bertz CT molecular complexity index is 663. The first-order valence-corrected chi connectivity index (χ1v) is 9.77. The van der Waals surface area contributed by atoms with Crippen molar-refractivity contribution in [2.45, 2.75) is 51.4 Å². The molecule has 23 heavy (non-hydrogen) atoms. The monoisotopic (exact) mass is 352 g/mol. The first-order chi connectivity index (χ1) is 11.1. The van der Waals surface area contributed by atoms with E-state index in [-0.39, 0.29) is 5.78 Å². The number of anilines is 1. The molecule has 0 amide bonds. The van der Waals surface area contributed by atoms with Gasteiger partial charge >= 0.3 is 0 Å². The van der Waals surface area contributed by atoms with Gasteiger partial charge in [0, 0.05) is 30.0 Å². The van der Waals surface area contributed by atoms with E-state index >= 15 is 0 Å². The molecule has 0 saturated heterocycles. The van der Waals surface area contributed by atoms with Crippen LogP contribution in [0.2, 0.25) is 0 Å². The molecule has 0 bridgehead atoms. The smallest absolute Gasteiger partial charge is 0.206 e. The Morgan fingerprint density at radius 2 is 2.09 bits per heavy atom. The van der Waals surface area contributed by atoms with Gasteiger partial charge in [-0.15, -0.1) is 10.2 Å². The lowest BCUT2D eigenvalue weighted by Crippen LogP contribution is -2.06. The van der Waals surface area contributed by atoms with E-state index in [0.717, 1.165) is 52.4 Å². The number of thioether (sulfide) groups is 1. The Labute approximate surface area is 145 Å². The molecule has 0 aliphatic carbocycles. The van der Waals surface area contributed by atoms with E-state index in [4.69, 9.17) is 0 Å². The molecule has 7 heteroatoms. The number of nitrogens with zero attached hydrogens (tertiary/aromatic N) is 3. The van der Waals surface area contributed by atoms with Gasteiger partial charge in [0.05, 0.1) is 5.75 Å². The van der Waals surface area contributed by atoms with Crippen molar-refractivity contribution in [3.8, 4) is 0 Å². The van der Waals surface area contributed by atoms with Crippen molar-refractivity contribution in [1.82, 2.24) is 14.8 Å². The van der Waals surface area contributed by atoms with Crippen LogP contribution in [-0.2, 0) is 6.54 Å². The maximum atomic E-state index is 12.5. The van der Waals surface area contributed by atoms with E-state index in [0.29, 0.717) is 5.75 Å². The average molecular weight is 353 g/mol. The lowest BCUT2D eigenvalue weighted by atomic mass is 10.2. The molecule has 0 saturated carbocycles. The van der Waals surface area contributed by atoms with Crippen molar-refractivity contribution in [3.05, 3.63) is 23.0 Å². The Morgan fingerprint density at radius 1 is 1.30 bits per heavy atom. The Kier molecular flexibility index (Phi) is 6.65. The summed E-state index contributed by atoms with van der Waals surface area (Å²) >= 11 is 2.96. The summed E-state index contributed by atoms with van der Waals surface area (Å²) in [5, 5.41) is 12.2. The number of nitrogens with one attached hydrogen (secondary N) is 1. The lowest BCUT2D eigenvalue weighted by Gasteiger charge is -2.07. The molecule has 0 unspecified atom stereocenters. The molecule has 2 aromatic rings. The van der Waals surface area contributed by atoms with E-state index in [9.17, 15) is 4.79 Å². The highest BCUT2D eigenvalue weighted by atomic mass is 32.2. The first kappa shape index (κ1) is 18.0. The van der Waals surface area contributed by atoms with Crippen molar-refractivity contribution < 1.29 is 4.79 Å². The summed E-state index contributed by atoms with van der Waals surface area (Å²) in [5.41, 5.74) is 3.05. The first-order valence-electron chi connectivity index (χ1n) is 7.96. The summed E-state index contributed by atoms with van der Waals surface area (Å²) in [5.74, 6) is 0.558. The van der Waals surface area contributed by atoms with Gasteiger partial charge in [-0.2, -0.15) is 0 Å². The summed E-state index contributed by atoms with van der Waals surface area (Å²) in [4.78, 5) is 12.5. The van der Waals surface area contributed by atoms with Crippen LogP contribution in [0, 0.1) is 13.8 Å². The van der Waals surface area contributed by atoms with E-state index in [1.165, 1.54) is 23.1 Å². The highest BCUT2D eigenvalue weighted by molar-refractivity contribution is 8.01. The SMILES string of the molecule is CCCNc1nnc(SCC(=O)c2cc(C)n(CCC)c2C)s1. The fraction of sp³-hybridized carbons (Fsp3) is 0.562. The second-order valence-corrected chi connectivity index (χ2v) is 7.65. The molecule has 126 valence electrons. The van der Waals surface area contributed by atoms with Crippen molar-refractivity contribution >= 4 is 34.0 Å². The van der Waals surface area contributed by atoms with Gasteiger partial charge in [0.25, 0.3) is 0 Å². The number of aromatic nitrogens is 3. The van der Waals surface area contributed by atoms with Crippen LogP contribution in [0.5, 0.6) is 0 Å². The second-order valence-electron chi connectivity index (χ2n) is 5.45. The lowest BCUT2D eigenvalue weighted by molar-refractivity contribution is 0.102. The van der Waals surface area contributed by atoms with Gasteiger partial charge in [-0.3, -0.25) is 4.79 Å². The largest absolute Gasteiger partial charge is 0.360 e. The fourth-order valence-electron chi connectivity index (χ4n) is 2.43. The standard InChI is InChI=1S/C16H24N4OS2/c1-5-7-17-15-18-19-16(23-15)22-10-14(21)13-9-11(3)20(8-6-2)12(13)4/h9H,5-8,10H2,1-4H3,(H,17,18). The molecule has 0 aliphatic heterocycles. The number of carbonyl (C=O) groups is 1. The minimum absolute atomic E-state index is 0.156. The number of aryl methyl sites for hydroxylation is 1. The third-order valence-corrected chi connectivity index (χ3v) is 5.59. The average Bonchev–Trinajstić information content (AvgIpc) is 3.10. The highest BCUT2D eigenvalue weighted by Crippen LogP contribution is 2.27. The molecule has 5 nitrogen and oxygen atoms in total. The predicted molar refractivity (Wildman–Crippen MR) is 97.9 cm³/mol. The molecule has 0 aromatic carbocycles. The second kappa shape index (κ2) is 8.49. The maximum Gasteiger partial charge on any atom is 0.206 e. The fourth-order valence-corrected chi connectivity index (χ4v) is 4.09. The van der Waals surface area contributed by atoms with E-state index in [2.05, 4.69) is 40.9 Å². The van der Waals surface area contributed by atoms with Crippen LogP contribution < -0.4 is 5.32 Å². The molecule has 0 atom stereocenters. The number of carbonyl (C=O) groups excluding carboxylic acids is 1. The van der Waals surface area contributed by atoms with Gasteiger partial charge in [-0.05, 0) is 32.8 Å². The predicted octanol–water partition coefficient (Wildman–Crippen LogP) is 4.16. The molecule has 2 rings (SSSR count). The van der Waals surface area contributed by atoms with Crippen LogP contribution in [0.1, 0.15) is 48.4 Å². The Morgan fingerprint density at radius 3 is 2.78 bits per heavy atom. The third-order valence-electron chi connectivity index (χ3n) is 3.58. The zero-order valence-corrected chi connectivity index (χ0v) is 15.8. The summed E-state index contributed by atoms with van der Waals surface area (Å²) < 4.78 is 3.05. The van der Waals surface area contributed by atoms with Crippen LogP contribution >= 0.6 is 23.1 Å². The molecule has 2 heterocycles. The van der Waals surface area contributed by atoms with E-state index in [1.807, 2.05) is 13.0 Å². The summed E-state index contributed by atoms with van der Waals surface area (Å²) in [6, 6.07) is 2.00. The molecular weight excluding hydrogens is 328 g/mol. The van der Waals surface area contributed by atoms with Crippen molar-refractivity contribution in [3.63, 3.8) is 0 Å². The van der Waals surface area contributed by atoms with Crippen LogP contribution in [0.25, 0.3) is 0 Å². The molecule has 0 spiro atoms. The molecule has 2 aromatic heterocycles. The van der Waals surface area contributed by atoms with Gasteiger partial charge in [0.15, 0.2) is 10.1 Å². The Hall–Kier alpha value is -1.34. The number of hydrogen-bond acceptors (Lipinski definition) is 6. The van der Waals surface area contributed by atoms with Crippen LogP contribution in [0.3, 0.4) is 0 Å². The number of ketones is 1. The van der Waals surface area contributed by atoms with Crippen LogP contribution in [0.4, 0.5) is 5.13 Å².